The third kappa shape index (κ3) is 6.04. The van der Waals surface area contributed by atoms with E-state index >= 15 is 0 Å². The van der Waals surface area contributed by atoms with Crippen LogP contribution in [-0.2, 0) is 17.9 Å². The van der Waals surface area contributed by atoms with Gasteiger partial charge in [-0.1, -0.05) is 46.6 Å². The number of amides is 1. The fourth-order valence-electron chi connectivity index (χ4n) is 2.72. The summed E-state index contributed by atoms with van der Waals surface area (Å²) in [6.07, 6.45) is 0. The molecule has 0 spiro atoms. The van der Waals surface area contributed by atoms with Gasteiger partial charge in [0.15, 0.2) is 11.0 Å². The Morgan fingerprint density at radius 3 is 2.50 bits per heavy atom. The first kappa shape index (κ1) is 22.7. The number of carbonyl (C=O) groups excluding carboxylic acids is 1. The highest BCUT2D eigenvalue weighted by Gasteiger charge is 2.14. The number of thioether (sulfide) groups is 1. The lowest BCUT2D eigenvalue weighted by Crippen LogP contribution is -2.15. The van der Waals surface area contributed by atoms with Crippen molar-refractivity contribution in [2.45, 2.75) is 32.2 Å². The van der Waals surface area contributed by atoms with E-state index in [1.807, 2.05) is 30.5 Å². The zero-order valence-corrected chi connectivity index (χ0v) is 19.4. The van der Waals surface area contributed by atoms with Gasteiger partial charge < -0.3 is 14.6 Å². The molecule has 0 bridgehead atoms. The number of hydrogen-bond acceptors (Lipinski definition) is 5. The molecular weight excluding hydrogens is 467 g/mol. The minimum atomic E-state index is -0.196. The number of aromatic nitrogens is 3. The van der Waals surface area contributed by atoms with Crippen LogP contribution in [0.3, 0.4) is 0 Å². The molecule has 0 unspecified atom stereocenters. The van der Waals surface area contributed by atoms with Crippen molar-refractivity contribution < 1.29 is 9.53 Å². The Balaban J connectivity index is 1.60. The van der Waals surface area contributed by atoms with E-state index in [9.17, 15) is 4.79 Å². The third-order valence-corrected chi connectivity index (χ3v) is 5.72. The number of hydrogen-bond donors (Lipinski definition) is 1. The van der Waals surface area contributed by atoms with Crippen molar-refractivity contribution in [3.05, 3.63) is 62.9 Å². The molecule has 1 amide bonds. The van der Waals surface area contributed by atoms with E-state index in [0.29, 0.717) is 38.3 Å². The molecule has 0 atom stereocenters. The number of ether oxygens (including phenoxy) is 1. The number of anilines is 1. The van der Waals surface area contributed by atoms with Crippen LogP contribution in [0, 0.1) is 6.92 Å². The lowest BCUT2D eigenvalue weighted by Gasteiger charge is -2.11. The lowest BCUT2D eigenvalue weighted by molar-refractivity contribution is -0.113. The fourth-order valence-corrected chi connectivity index (χ4v) is 4.29. The monoisotopic (exact) mass is 484 g/mol. The van der Waals surface area contributed by atoms with Gasteiger partial charge in [0.2, 0.25) is 5.91 Å². The number of nitrogens with zero attached hydrogens (tertiary/aromatic N) is 3. The highest BCUT2D eigenvalue weighted by molar-refractivity contribution is 7.99. The molecule has 0 fully saturated rings. The van der Waals surface area contributed by atoms with Crippen molar-refractivity contribution in [3.63, 3.8) is 0 Å². The summed E-state index contributed by atoms with van der Waals surface area (Å²) in [4.78, 5) is 12.3. The van der Waals surface area contributed by atoms with Gasteiger partial charge in [0, 0.05) is 27.3 Å². The van der Waals surface area contributed by atoms with Gasteiger partial charge in [-0.15, -0.1) is 10.2 Å². The summed E-state index contributed by atoms with van der Waals surface area (Å²) < 4.78 is 7.78. The number of rotatable bonds is 8. The average molecular weight is 486 g/mol. The number of aryl methyl sites for hydroxylation is 1. The first-order valence-electron chi connectivity index (χ1n) is 9.05. The predicted octanol–water partition coefficient (Wildman–Crippen LogP) is 5.88. The van der Waals surface area contributed by atoms with Gasteiger partial charge in [-0.05, 0) is 55.8 Å². The summed E-state index contributed by atoms with van der Waals surface area (Å²) in [5.74, 6) is 1.38. The standard InChI is InChI=1S/C20H19Cl3N4O2S/c1-3-27-18(10-29-17-5-4-13(21)6-12(17)2)25-26-20(27)30-11-19(28)24-16-8-14(22)7-15(23)9-16/h4-9H,3,10-11H2,1-2H3,(H,24,28). The molecule has 3 rings (SSSR count). The van der Waals surface area contributed by atoms with E-state index in [0.717, 1.165) is 11.3 Å². The molecule has 1 aromatic heterocycles. The van der Waals surface area contributed by atoms with Crippen molar-refractivity contribution in [2.75, 3.05) is 11.1 Å². The number of benzene rings is 2. The molecule has 1 heterocycles. The Bertz CT molecular complexity index is 1040. The normalized spacial score (nSPS) is 10.8. The lowest BCUT2D eigenvalue weighted by atomic mass is 10.2. The number of halogens is 3. The van der Waals surface area contributed by atoms with Gasteiger partial charge in [0.25, 0.3) is 0 Å². The quantitative estimate of drug-likeness (QED) is 0.404. The minimum absolute atomic E-state index is 0.166. The van der Waals surface area contributed by atoms with E-state index in [1.165, 1.54) is 11.8 Å². The van der Waals surface area contributed by atoms with Gasteiger partial charge in [-0.2, -0.15) is 0 Å². The molecule has 0 aliphatic heterocycles. The van der Waals surface area contributed by atoms with Crippen LogP contribution in [0.1, 0.15) is 18.3 Å². The highest BCUT2D eigenvalue weighted by atomic mass is 35.5. The Morgan fingerprint density at radius 1 is 1.10 bits per heavy atom. The van der Waals surface area contributed by atoms with Crippen molar-refractivity contribution in [3.8, 4) is 5.75 Å². The second-order valence-corrected chi connectivity index (χ2v) is 8.59. The van der Waals surface area contributed by atoms with Gasteiger partial charge in [0.1, 0.15) is 12.4 Å². The highest BCUT2D eigenvalue weighted by Crippen LogP contribution is 2.25. The molecule has 0 saturated heterocycles. The molecule has 0 saturated carbocycles. The zero-order chi connectivity index (χ0) is 21.7. The third-order valence-electron chi connectivity index (χ3n) is 4.08. The molecule has 0 aliphatic carbocycles. The van der Waals surface area contributed by atoms with E-state index in [1.54, 1.807) is 24.3 Å². The van der Waals surface area contributed by atoms with Gasteiger partial charge >= 0.3 is 0 Å². The topological polar surface area (TPSA) is 69.0 Å². The molecule has 0 radical (unpaired) electrons. The summed E-state index contributed by atoms with van der Waals surface area (Å²) >= 11 is 19.2. The maximum atomic E-state index is 12.3. The van der Waals surface area contributed by atoms with E-state index in [2.05, 4.69) is 15.5 Å². The van der Waals surface area contributed by atoms with Gasteiger partial charge in [0.05, 0.1) is 5.75 Å². The molecule has 30 heavy (non-hydrogen) atoms. The van der Waals surface area contributed by atoms with Crippen molar-refractivity contribution in [1.82, 2.24) is 14.8 Å². The SMILES string of the molecule is CCn1c(COc2ccc(Cl)cc2C)nnc1SCC(=O)Nc1cc(Cl)cc(Cl)c1. The van der Waals surface area contributed by atoms with Crippen molar-refractivity contribution in [2.24, 2.45) is 0 Å². The van der Waals surface area contributed by atoms with Crippen LogP contribution in [0.2, 0.25) is 15.1 Å². The minimum Gasteiger partial charge on any atom is -0.485 e. The fraction of sp³-hybridized carbons (Fsp3) is 0.250. The largest absolute Gasteiger partial charge is 0.485 e. The number of nitrogens with one attached hydrogen (secondary N) is 1. The first-order valence-corrected chi connectivity index (χ1v) is 11.2. The Hall–Kier alpha value is -1.93. The summed E-state index contributed by atoms with van der Waals surface area (Å²) in [6, 6.07) is 10.3. The molecule has 1 N–H and O–H groups in total. The van der Waals surface area contributed by atoms with Crippen LogP contribution in [0.25, 0.3) is 0 Å². The van der Waals surface area contributed by atoms with Crippen LogP contribution in [0.5, 0.6) is 5.75 Å². The molecular formula is C20H19Cl3N4O2S. The summed E-state index contributed by atoms with van der Waals surface area (Å²) in [5, 5.41) is 13.4. The molecule has 158 valence electrons. The van der Waals surface area contributed by atoms with Crippen LogP contribution in [0.15, 0.2) is 41.6 Å². The average Bonchev–Trinajstić information content (AvgIpc) is 3.06. The zero-order valence-electron chi connectivity index (χ0n) is 16.3. The van der Waals surface area contributed by atoms with Crippen molar-refractivity contribution in [1.29, 1.82) is 0 Å². The van der Waals surface area contributed by atoms with Crippen molar-refractivity contribution >= 4 is 58.2 Å². The molecule has 3 aromatic rings. The maximum Gasteiger partial charge on any atom is 0.234 e. The predicted molar refractivity (Wildman–Crippen MR) is 122 cm³/mol. The van der Waals surface area contributed by atoms with E-state index < -0.39 is 0 Å². The molecule has 10 heteroatoms. The Morgan fingerprint density at radius 2 is 1.83 bits per heavy atom. The summed E-state index contributed by atoms with van der Waals surface area (Å²) in [6.45, 7) is 4.83. The van der Waals surface area contributed by atoms with Crippen LogP contribution in [-0.4, -0.2) is 26.4 Å². The number of carbonyl (C=O) groups is 1. The maximum absolute atomic E-state index is 12.3. The Labute approximate surface area is 193 Å². The Kier molecular flexibility index (Phi) is 7.88. The first-order chi connectivity index (χ1) is 14.4. The van der Waals surface area contributed by atoms with Gasteiger partial charge in [-0.25, -0.2) is 0 Å². The summed E-state index contributed by atoms with van der Waals surface area (Å²) in [5.41, 5.74) is 1.49. The van der Waals surface area contributed by atoms with E-state index in [4.69, 9.17) is 39.5 Å². The second kappa shape index (κ2) is 10.4. The smallest absolute Gasteiger partial charge is 0.234 e. The molecule has 6 nitrogen and oxygen atoms in total. The molecule has 0 aliphatic rings. The van der Waals surface area contributed by atoms with Gasteiger partial charge in [-0.3, -0.25) is 4.79 Å². The van der Waals surface area contributed by atoms with Crippen LogP contribution >= 0.6 is 46.6 Å². The summed E-state index contributed by atoms with van der Waals surface area (Å²) in [7, 11) is 0. The van der Waals surface area contributed by atoms with Crippen LogP contribution < -0.4 is 10.1 Å². The van der Waals surface area contributed by atoms with E-state index in [-0.39, 0.29) is 18.3 Å². The van der Waals surface area contributed by atoms with Crippen LogP contribution in [0.4, 0.5) is 5.69 Å². The molecule has 2 aromatic carbocycles. The second-order valence-electron chi connectivity index (χ2n) is 6.34.